The third-order valence-electron chi connectivity index (χ3n) is 1.57. The molecule has 0 bridgehead atoms. The van der Waals surface area contributed by atoms with Crippen LogP contribution < -0.4 is 22.5 Å². The van der Waals surface area contributed by atoms with E-state index in [-0.39, 0.29) is 12.1 Å². The molecule has 0 saturated carbocycles. The van der Waals surface area contributed by atoms with Crippen LogP contribution in [0.3, 0.4) is 0 Å². The second kappa shape index (κ2) is 5.61. The number of rotatable bonds is 5. The average Bonchev–Trinajstić information content (AvgIpc) is 2.14. The number of carbonyl (C=O) groups is 2. The molecule has 0 radical (unpaired) electrons. The van der Waals surface area contributed by atoms with Gasteiger partial charge in [0.1, 0.15) is 0 Å². The normalized spacial score (nSPS) is 9.88. The maximum absolute atomic E-state index is 11.2. The predicted molar refractivity (Wildman–Crippen MR) is 54.7 cm³/mol. The van der Waals surface area contributed by atoms with Gasteiger partial charge in [0.15, 0.2) is 6.61 Å². The first-order valence-electron chi connectivity index (χ1n) is 4.49. The summed E-state index contributed by atoms with van der Waals surface area (Å²) in [5.74, 6) is -1.37. The van der Waals surface area contributed by atoms with Gasteiger partial charge >= 0.3 is 5.69 Å². The van der Waals surface area contributed by atoms with Gasteiger partial charge in [0.2, 0.25) is 11.8 Å². The van der Waals surface area contributed by atoms with Gasteiger partial charge in [-0.25, -0.2) is 10.3 Å². The van der Waals surface area contributed by atoms with Crippen molar-refractivity contribution in [2.75, 3.05) is 6.61 Å². The average molecular weight is 242 g/mol. The topological polar surface area (TPSA) is 147 Å². The van der Waals surface area contributed by atoms with E-state index in [4.69, 9.17) is 5.73 Å². The number of aromatic nitrogens is 2. The van der Waals surface area contributed by atoms with Crippen LogP contribution in [-0.2, 0) is 20.8 Å². The van der Waals surface area contributed by atoms with E-state index in [9.17, 15) is 19.2 Å². The van der Waals surface area contributed by atoms with Crippen molar-refractivity contribution in [3.63, 3.8) is 0 Å². The number of primary amides is 1. The zero-order chi connectivity index (χ0) is 12.8. The molecule has 0 fully saturated rings. The van der Waals surface area contributed by atoms with E-state index >= 15 is 0 Å². The standard InChI is InChI=1S/C8H10N4O5/c9-5(13)3-17-12-7(15)2-4-1-6(14)11-8(16)10-4/h1H,2-3H2,(H2,9,13)(H,12,15)(H2,10,11,14,16). The van der Waals surface area contributed by atoms with E-state index in [0.29, 0.717) is 0 Å². The summed E-state index contributed by atoms with van der Waals surface area (Å²) in [5, 5.41) is 0. The lowest BCUT2D eigenvalue weighted by molar-refractivity contribution is -0.137. The Morgan fingerprint density at radius 2 is 2.06 bits per heavy atom. The molecule has 0 aliphatic carbocycles. The van der Waals surface area contributed by atoms with Crippen LogP contribution in [0.25, 0.3) is 0 Å². The Balaban J connectivity index is 2.53. The van der Waals surface area contributed by atoms with E-state index in [1.165, 1.54) is 0 Å². The van der Waals surface area contributed by atoms with Gasteiger partial charge in [-0.05, 0) is 0 Å². The Kier molecular flexibility index (Phi) is 4.17. The zero-order valence-electron chi connectivity index (χ0n) is 8.61. The maximum Gasteiger partial charge on any atom is 0.325 e. The summed E-state index contributed by atoms with van der Waals surface area (Å²) in [7, 11) is 0. The fraction of sp³-hybridized carbons (Fsp3) is 0.250. The van der Waals surface area contributed by atoms with Crippen LogP contribution in [0.2, 0.25) is 0 Å². The van der Waals surface area contributed by atoms with Crippen LogP contribution in [0.4, 0.5) is 0 Å². The largest absolute Gasteiger partial charge is 0.368 e. The quantitative estimate of drug-likeness (QED) is 0.410. The van der Waals surface area contributed by atoms with Gasteiger partial charge in [-0.3, -0.25) is 24.2 Å². The second-order valence-electron chi connectivity index (χ2n) is 3.07. The minimum atomic E-state index is -0.741. The molecule has 9 nitrogen and oxygen atoms in total. The van der Waals surface area contributed by atoms with Gasteiger partial charge in [0.25, 0.3) is 5.56 Å². The lowest BCUT2D eigenvalue weighted by atomic mass is 10.3. The molecule has 2 amide bonds. The van der Waals surface area contributed by atoms with Crippen molar-refractivity contribution in [2.45, 2.75) is 6.42 Å². The van der Waals surface area contributed by atoms with Crippen LogP contribution >= 0.6 is 0 Å². The summed E-state index contributed by atoms with van der Waals surface area (Å²) in [4.78, 5) is 51.9. The van der Waals surface area contributed by atoms with Crippen LogP contribution in [-0.4, -0.2) is 28.4 Å². The summed E-state index contributed by atoms with van der Waals surface area (Å²) < 4.78 is 0. The lowest BCUT2D eigenvalue weighted by Gasteiger charge is -2.03. The van der Waals surface area contributed by atoms with Crippen molar-refractivity contribution in [3.8, 4) is 0 Å². The van der Waals surface area contributed by atoms with Gasteiger partial charge in [0, 0.05) is 11.8 Å². The van der Waals surface area contributed by atoms with Crippen molar-refractivity contribution in [3.05, 3.63) is 32.6 Å². The van der Waals surface area contributed by atoms with E-state index in [1.807, 2.05) is 10.5 Å². The molecular formula is C8H10N4O5. The Bertz CT molecular complexity index is 503. The van der Waals surface area contributed by atoms with Crippen LogP contribution in [0.15, 0.2) is 15.7 Å². The number of hydroxylamine groups is 1. The van der Waals surface area contributed by atoms with E-state index in [1.54, 1.807) is 0 Å². The van der Waals surface area contributed by atoms with Gasteiger partial charge in [-0.2, -0.15) is 0 Å². The molecule has 0 unspecified atom stereocenters. The number of carbonyl (C=O) groups excluding carboxylic acids is 2. The van der Waals surface area contributed by atoms with E-state index in [0.717, 1.165) is 6.07 Å². The molecule has 92 valence electrons. The highest BCUT2D eigenvalue weighted by atomic mass is 16.7. The third kappa shape index (κ3) is 4.75. The fourth-order valence-corrected chi connectivity index (χ4v) is 1.01. The third-order valence-corrected chi connectivity index (χ3v) is 1.57. The summed E-state index contributed by atoms with van der Waals surface area (Å²) in [6, 6.07) is 1.06. The predicted octanol–water partition coefficient (Wildman–Crippen LogP) is -2.86. The second-order valence-corrected chi connectivity index (χ2v) is 3.07. The molecule has 1 aromatic heterocycles. The van der Waals surface area contributed by atoms with Gasteiger partial charge in [-0.15, -0.1) is 0 Å². The number of nitrogens with one attached hydrogen (secondary N) is 3. The van der Waals surface area contributed by atoms with Crippen LogP contribution in [0.1, 0.15) is 5.69 Å². The lowest BCUT2D eigenvalue weighted by Crippen LogP contribution is -2.32. The highest BCUT2D eigenvalue weighted by molar-refractivity contribution is 5.78. The molecule has 9 heteroatoms. The molecule has 17 heavy (non-hydrogen) atoms. The highest BCUT2D eigenvalue weighted by Gasteiger charge is 2.05. The molecule has 0 aliphatic rings. The van der Waals surface area contributed by atoms with Crippen LogP contribution in [0.5, 0.6) is 0 Å². The number of hydrogen-bond donors (Lipinski definition) is 4. The van der Waals surface area contributed by atoms with Crippen molar-refractivity contribution in [1.29, 1.82) is 0 Å². The first kappa shape index (κ1) is 12.6. The summed E-state index contributed by atoms with van der Waals surface area (Å²) in [6.45, 7) is -0.461. The zero-order valence-corrected chi connectivity index (χ0v) is 8.61. The number of hydrogen-bond acceptors (Lipinski definition) is 5. The highest BCUT2D eigenvalue weighted by Crippen LogP contribution is 1.87. The van der Waals surface area contributed by atoms with Gasteiger partial charge in [-0.1, -0.05) is 0 Å². The smallest absolute Gasteiger partial charge is 0.325 e. The Morgan fingerprint density at radius 1 is 1.35 bits per heavy atom. The molecule has 1 heterocycles. The van der Waals surface area contributed by atoms with Gasteiger partial charge < -0.3 is 10.7 Å². The van der Waals surface area contributed by atoms with Crippen molar-refractivity contribution >= 4 is 11.8 Å². The molecule has 0 spiro atoms. The first-order chi connectivity index (χ1) is 7.97. The summed E-state index contributed by atoms with van der Waals surface area (Å²) >= 11 is 0. The maximum atomic E-state index is 11.2. The SMILES string of the molecule is NC(=O)CONC(=O)Cc1cc(=O)[nH]c(=O)[nH]1. The molecular weight excluding hydrogens is 232 g/mol. The summed E-state index contributed by atoms with van der Waals surface area (Å²) in [5.41, 5.74) is 5.49. The molecule has 1 aromatic rings. The number of aromatic amines is 2. The number of nitrogens with two attached hydrogens (primary N) is 1. The van der Waals surface area contributed by atoms with E-state index < -0.39 is 29.7 Å². The molecule has 1 rings (SSSR count). The molecule has 0 atom stereocenters. The fourth-order valence-electron chi connectivity index (χ4n) is 1.01. The number of H-pyrrole nitrogens is 2. The molecule has 5 N–H and O–H groups in total. The van der Waals surface area contributed by atoms with Crippen molar-refractivity contribution in [2.24, 2.45) is 5.73 Å². The number of amides is 2. The molecule has 0 saturated heterocycles. The molecule has 0 aliphatic heterocycles. The Labute approximate surface area is 93.9 Å². The van der Waals surface area contributed by atoms with Gasteiger partial charge in [0.05, 0.1) is 6.42 Å². The monoisotopic (exact) mass is 242 g/mol. The Hall–Kier alpha value is -2.42. The summed E-state index contributed by atoms with van der Waals surface area (Å²) in [6.07, 6.45) is -0.266. The van der Waals surface area contributed by atoms with Crippen LogP contribution in [0, 0.1) is 0 Å². The Morgan fingerprint density at radius 3 is 2.65 bits per heavy atom. The van der Waals surface area contributed by atoms with Crippen molar-refractivity contribution < 1.29 is 14.4 Å². The first-order valence-corrected chi connectivity index (χ1v) is 4.49. The van der Waals surface area contributed by atoms with Crippen molar-refractivity contribution in [1.82, 2.24) is 15.4 Å². The minimum absolute atomic E-state index is 0.124. The molecule has 0 aromatic carbocycles. The minimum Gasteiger partial charge on any atom is -0.368 e. The van der Waals surface area contributed by atoms with E-state index in [2.05, 4.69) is 9.82 Å².